The molecule has 0 saturated carbocycles. The fourth-order valence-corrected chi connectivity index (χ4v) is 2.19. The van der Waals surface area contributed by atoms with Crippen molar-refractivity contribution >= 4 is 22.6 Å². The van der Waals surface area contributed by atoms with Crippen molar-refractivity contribution in [3.8, 4) is 0 Å². The molecule has 0 saturated heterocycles. The summed E-state index contributed by atoms with van der Waals surface area (Å²) in [6.07, 6.45) is 0. The van der Waals surface area contributed by atoms with Gasteiger partial charge in [0, 0.05) is 17.5 Å². The van der Waals surface area contributed by atoms with Crippen molar-refractivity contribution in [3.63, 3.8) is 0 Å². The van der Waals surface area contributed by atoms with Crippen LogP contribution in [0.1, 0.15) is 17.3 Å². The number of aromatic nitrogens is 2. The predicted molar refractivity (Wildman–Crippen MR) is 70.8 cm³/mol. The molecule has 2 aromatic heterocycles. The largest absolute Gasteiger partial charge is 0.444 e. The van der Waals surface area contributed by atoms with Crippen LogP contribution < -0.4 is 5.32 Å². The third kappa shape index (κ3) is 2.47. The van der Waals surface area contributed by atoms with Gasteiger partial charge in [0.2, 0.25) is 5.89 Å². The molecule has 0 spiro atoms. The third-order valence-electron chi connectivity index (χ3n) is 2.80. The second kappa shape index (κ2) is 5.03. The molecule has 0 amide bonds. The first-order valence-corrected chi connectivity index (χ1v) is 6.27. The minimum absolute atomic E-state index is 0.412. The van der Waals surface area contributed by atoms with E-state index in [1.165, 1.54) is 0 Å². The lowest BCUT2D eigenvalue weighted by atomic mass is 10.2. The van der Waals surface area contributed by atoms with Crippen LogP contribution in [-0.2, 0) is 13.1 Å². The molecule has 5 nitrogen and oxygen atoms in total. The van der Waals surface area contributed by atoms with Crippen LogP contribution in [0.4, 0.5) is 0 Å². The van der Waals surface area contributed by atoms with Crippen LogP contribution in [0.3, 0.4) is 0 Å². The topological polar surface area (TPSA) is 64.1 Å². The van der Waals surface area contributed by atoms with E-state index in [4.69, 9.17) is 20.5 Å². The van der Waals surface area contributed by atoms with E-state index in [0.29, 0.717) is 30.0 Å². The van der Waals surface area contributed by atoms with E-state index in [9.17, 15) is 0 Å². The molecular formula is C13H12ClN3O2. The fraction of sp³-hybridized carbons (Fsp3) is 0.231. The van der Waals surface area contributed by atoms with Crippen LogP contribution in [0.5, 0.6) is 0 Å². The van der Waals surface area contributed by atoms with Crippen LogP contribution in [-0.4, -0.2) is 10.1 Å². The zero-order valence-electron chi connectivity index (χ0n) is 10.3. The van der Waals surface area contributed by atoms with E-state index >= 15 is 0 Å². The van der Waals surface area contributed by atoms with Gasteiger partial charge in [-0.1, -0.05) is 23.4 Å². The minimum Gasteiger partial charge on any atom is -0.444 e. The second-order valence-electron chi connectivity index (χ2n) is 4.19. The van der Waals surface area contributed by atoms with Crippen molar-refractivity contribution in [3.05, 3.63) is 46.8 Å². The molecule has 0 aliphatic rings. The molecule has 3 rings (SSSR count). The quantitative estimate of drug-likeness (QED) is 0.794. The van der Waals surface area contributed by atoms with Gasteiger partial charge in [0.15, 0.2) is 11.0 Å². The Bertz CT molecular complexity index is 705. The van der Waals surface area contributed by atoms with Crippen LogP contribution in [0.2, 0.25) is 5.22 Å². The molecule has 0 atom stereocenters. The molecule has 1 aromatic carbocycles. The van der Waals surface area contributed by atoms with Crippen LogP contribution in [0.15, 0.2) is 33.2 Å². The molecule has 0 bridgehead atoms. The van der Waals surface area contributed by atoms with Gasteiger partial charge in [0.1, 0.15) is 5.58 Å². The Morgan fingerprint density at radius 1 is 1.26 bits per heavy atom. The van der Waals surface area contributed by atoms with Crippen molar-refractivity contribution in [1.29, 1.82) is 0 Å². The fourth-order valence-electron chi connectivity index (χ4n) is 1.94. The summed E-state index contributed by atoms with van der Waals surface area (Å²) in [5.41, 5.74) is 1.73. The molecule has 3 aromatic rings. The van der Waals surface area contributed by atoms with E-state index in [-0.39, 0.29) is 0 Å². The first-order valence-electron chi connectivity index (χ1n) is 5.90. The highest BCUT2D eigenvalue weighted by molar-refractivity contribution is 6.30. The Morgan fingerprint density at radius 2 is 2.11 bits per heavy atom. The molecule has 19 heavy (non-hydrogen) atoms. The lowest BCUT2D eigenvalue weighted by Crippen LogP contribution is -2.12. The Morgan fingerprint density at radius 3 is 2.89 bits per heavy atom. The number of furan rings is 1. The maximum absolute atomic E-state index is 6.10. The zero-order valence-corrected chi connectivity index (χ0v) is 11.1. The summed E-state index contributed by atoms with van der Waals surface area (Å²) in [7, 11) is 0. The van der Waals surface area contributed by atoms with Gasteiger partial charge < -0.3 is 14.3 Å². The number of nitrogens with one attached hydrogen (secondary N) is 1. The molecule has 6 heteroatoms. The second-order valence-corrected chi connectivity index (χ2v) is 4.53. The lowest BCUT2D eigenvalue weighted by Gasteiger charge is -2.00. The van der Waals surface area contributed by atoms with Crippen LogP contribution in [0.25, 0.3) is 11.0 Å². The summed E-state index contributed by atoms with van der Waals surface area (Å²) in [5.74, 6) is 1.19. The van der Waals surface area contributed by atoms with Gasteiger partial charge in [-0.2, -0.15) is 4.98 Å². The summed E-state index contributed by atoms with van der Waals surface area (Å²) in [5, 5.41) is 8.37. The summed E-state index contributed by atoms with van der Waals surface area (Å²) < 4.78 is 10.5. The average Bonchev–Trinajstić information content (AvgIpc) is 2.94. The van der Waals surface area contributed by atoms with Gasteiger partial charge in [-0.15, -0.1) is 0 Å². The normalized spacial score (nSPS) is 11.3. The highest BCUT2D eigenvalue weighted by atomic mass is 35.5. The maximum Gasteiger partial charge on any atom is 0.240 e. The van der Waals surface area contributed by atoms with E-state index in [1.54, 1.807) is 6.92 Å². The van der Waals surface area contributed by atoms with Crippen LogP contribution in [0, 0.1) is 6.92 Å². The molecule has 0 fully saturated rings. The predicted octanol–water partition coefficient (Wildman–Crippen LogP) is 3.07. The molecule has 0 radical (unpaired) electrons. The zero-order chi connectivity index (χ0) is 13.2. The molecule has 98 valence electrons. The number of fused-ring (bicyclic) bond motifs is 1. The van der Waals surface area contributed by atoms with Gasteiger partial charge in [-0.25, -0.2) is 0 Å². The van der Waals surface area contributed by atoms with Gasteiger partial charge in [0.05, 0.1) is 6.54 Å². The number of hydrogen-bond donors (Lipinski definition) is 1. The molecule has 2 heterocycles. The lowest BCUT2D eigenvalue weighted by molar-refractivity contribution is 0.364. The summed E-state index contributed by atoms with van der Waals surface area (Å²) in [6.45, 7) is 2.86. The summed E-state index contributed by atoms with van der Waals surface area (Å²) >= 11 is 6.10. The van der Waals surface area contributed by atoms with Crippen molar-refractivity contribution in [1.82, 2.24) is 15.5 Å². The van der Waals surface area contributed by atoms with Crippen molar-refractivity contribution in [2.75, 3.05) is 0 Å². The number of benzene rings is 1. The molecule has 0 unspecified atom stereocenters. The van der Waals surface area contributed by atoms with Crippen LogP contribution >= 0.6 is 11.6 Å². The van der Waals surface area contributed by atoms with Crippen molar-refractivity contribution < 1.29 is 8.94 Å². The number of halogens is 1. The minimum atomic E-state index is 0.412. The monoisotopic (exact) mass is 277 g/mol. The van der Waals surface area contributed by atoms with Crippen molar-refractivity contribution in [2.45, 2.75) is 20.0 Å². The van der Waals surface area contributed by atoms with E-state index in [1.807, 2.05) is 24.3 Å². The SMILES string of the molecule is Cc1noc(CNCc2c(Cl)oc3ccccc23)n1. The van der Waals surface area contributed by atoms with Crippen molar-refractivity contribution in [2.24, 2.45) is 0 Å². The van der Waals surface area contributed by atoms with Gasteiger partial charge in [0.25, 0.3) is 0 Å². The number of rotatable bonds is 4. The van der Waals surface area contributed by atoms with E-state index in [0.717, 1.165) is 16.5 Å². The third-order valence-corrected chi connectivity index (χ3v) is 3.10. The highest BCUT2D eigenvalue weighted by Gasteiger charge is 2.12. The molecular weight excluding hydrogens is 266 g/mol. The van der Waals surface area contributed by atoms with E-state index in [2.05, 4.69) is 15.5 Å². The first-order chi connectivity index (χ1) is 9.24. The number of hydrogen-bond acceptors (Lipinski definition) is 5. The number of nitrogens with zero attached hydrogens (tertiary/aromatic N) is 2. The Kier molecular flexibility index (Phi) is 3.23. The average molecular weight is 278 g/mol. The summed E-state index contributed by atoms with van der Waals surface area (Å²) in [4.78, 5) is 4.12. The summed E-state index contributed by atoms with van der Waals surface area (Å²) in [6, 6.07) is 7.75. The van der Waals surface area contributed by atoms with Gasteiger partial charge in [-0.3, -0.25) is 0 Å². The Balaban J connectivity index is 1.73. The smallest absolute Gasteiger partial charge is 0.240 e. The standard InChI is InChI=1S/C13H12ClN3O2/c1-8-16-12(19-17-8)7-15-6-10-9-4-2-3-5-11(9)18-13(10)14/h2-5,15H,6-7H2,1H3. The molecule has 0 aliphatic heterocycles. The highest BCUT2D eigenvalue weighted by Crippen LogP contribution is 2.29. The van der Waals surface area contributed by atoms with Gasteiger partial charge in [-0.05, 0) is 24.6 Å². The molecule has 1 N–H and O–H groups in total. The Labute approximate surface area is 114 Å². The van der Waals surface area contributed by atoms with E-state index < -0.39 is 0 Å². The van der Waals surface area contributed by atoms with Gasteiger partial charge >= 0.3 is 0 Å². The Hall–Kier alpha value is -1.85. The number of para-hydroxylation sites is 1. The first kappa shape index (κ1) is 12.2. The maximum atomic E-state index is 6.10. The molecule has 0 aliphatic carbocycles. The number of aryl methyl sites for hydroxylation is 1.